The summed E-state index contributed by atoms with van der Waals surface area (Å²) in [5, 5.41) is 9.28. The highest BCUT2D eigenvalue weighted by Crippen LogP contribution is 2.24. The highest BCUT2D eigenvalue weighted by molar-refractivity contribution is 6.32. The number of nitrogens with zero attached hydrogens (tertiary/aromatic N) is 6. The van der Waals surface area contributed by atoms with Gasteiger partial charge in [-0.3, -0.25) is 9.36 Å². The van der Waals surface area contributed by atoms with Crippen LogP contribution in [0.3, 0.4) is 0 Å². The maximum absolute atomic E-state index is 13.0. The van der Waals surface area contributed by atoms with E-state index >= 15 is 0 Å². The number of carbonyl (C=O) groups excluding carboxylic acids is 1. The minimum absolute atomic E-state index is 0.0180. The van der Waals surface area contributed by atoms with Crippen LogP contribution in [0.4, 0.5) is 13.2 Å². The van der Waals surface area contributed by atoms with Crippen LogP contribution in [-0.4, -0.2) is 41.1 Å². The van der Waals surface area contributed by atoms with Crippen molar-refractivity contribution < 1.29 is 18.0 Å². The minimum atomic E-state index is -4.47. The molecule has 0 fully saturated rings. The Morgan fingerprint density at radius 2 is 1.71 bits per heavy atom. The SMILES string of the molecule is CC(=O)c1nc(Cn2nc(-c3ccc(Cl)cc3)n(CCC(F)(F)F)c2=O)nn1-c1ccccc1Cl. The van der Waals surface area contributed by atoms with E-state index in [0.29, 0.717) is 21.3 Å². The number of rotatable bonds is 7. The average molecular weight is 525 g/mol. The molecule has 0 radical (unpaired) electrons. The Balaban J connectivity index is 1.76. The first-order chi connectivity index (χ1) is 16.5. The maximum atomic E-state index is 13.0. The Hall–Kier alpha value is -3.44. The Morgan fingerprint density at radius 3 is 2.34 bits per heavy atom. The van der Waals surface area contributed by atoms with E-state index in [0.717, 1.165) is 9.25 Å². The van der Waals surface area contributed by atoms with E-state index in [9.17, 15) is 22.8 Å². The molecule has 182 valence electrons. The van der Waals surface area contributed by atoms with Gasteiger partial charge in [-0.05, 0) is 36.4 Å². The standard InChI is InChI=1S/C22H17Cl2F3N6O2/c1-13(34)19-28-18(29-33(19)17-5-3-2-4-16(17)24)12-32-21(35)31(11-10-22(25,26)27)20(30-32)14-6-8-15(23)9-7-14/h2-9H,10-12H2,1H3. The molecule has 0 unspecified atom stereocenters. The second-order valence-corrected chi connectivity index (χ2v) is 8.40. The topological polar surface area (TPSA) is 87.6 Å². The van der Waals surface area contributed by atoms with Crippen molar-refractivity contribution in [1.29, 1.82) is 0 Å². The molecule has 8 nitrogen and oxygen atoms in total. The van der Waals surface area contributed by atoms with E-state index < -0.39 is 30.6 Å². The molecule has 2 heterocycles. The molecule has 0 saturated heterocycles. The van der Waals surface area contributed by atoms with Crippen molar-refractivity contribution in [3.63, 3.8) is 0 Å². The molecule has 0 atom stereocenters. The monoisotopic (exact) mass is 524 g/mol. The Kier molecular flexibility index (Phi) is 6.82. The second kappa shape index (κ2) is 9.67. The highest BCUT2D eigenvalue weighted by Gasteiger charge is 2.29. The molecular formula is C22H17Cl2F3N6O2. The zero-order valence-electron chi connectivity index (χ0n) is 18.1. The van der Waals surface area contributed by atoms with Crippen LogP contribution in [0.5, 0.6) is 0 Å². The van der Waals surface area contributed by atoms with Gasteiger partial charge in [0.2, 0.25) is 0 Å². The van der Waals surface area contributed by atoms with E-state index in [2.05, 4.69) is 15.2 Å². The summed E-state index contributed by atoms with van der Waals surface area (Å²) in [6.07, 6.45) is -5.68. The Morgan fingerprint density at radius 1 is 1.03 bits per heavy atom. The van der Waals surface area contributed by atoms with Crippen molar-refractivity contribution in [2.75, 3.05) is 0 Å². The molecule has 0 bridgehead atoms. The van der Waals surface area contributed by atoms with E-state index in [1.54, 1.807) is 48.5 Å². The number of hydrogen-bond acceptors (Lipinski definition) is 5. The Labute approximate surface area is 206 Å². The average Bonchev–Trinajstić information content (AvgIpc) is 3.34. The summed E-state index contributed by atoms with van der Waals surface area (Å²) in [7, 11) is 0. The summed E-state index contributed by atoms with van der Waals surface area (Å²) in [5.74, 6) is -0.322. The molecular weight excluding hydrogens is 508 g/mol. The lowest BCUT2D eigenvalue weighted by molar-refractivity contribution is -0.136. The zero-order valence-corrected chi connectivity index (χ0v) is 19.6. The predicted molar refractivity (Wildman–Crippen MR) is 123 cm³/mol. The van der Waals surface area contributed by atoms with Gasteiger partial charge in [0.15, 0.2) is 23.3 Å². The quantitative estimate of drug-likeness (QED) is 0.324. The summed E-state index contributed by atoms with van der Waals surface area (Å²) in [6.45, 7) is 0.397. The predicted octanol–water partition coefficient (Wildman–Crippen LogP) is 4.80. The van der Waals surface area contributed by atoms with Crippen molar-refractivity contribution in [1.82, 2.24) is 29.1 Å². The first-order valence-corrected chi connectivity index (χ1v) is 11.0. The molecule has 2 aromatic carbocycles. The van der Waals surface area contributed by atoms with E-state index in [-0.39, 0.29) is 24.0 Å². The molecule has 4 rings (SSSR count). The third-order valence-electron chi connectivity index (χ3n) is 4.98. The lowest BCUT2D eigenvalue weighted by Crippen LogP contribution is -2.27. The van der Waals surface area contributed by atoms with Crippen LogP contribution >= 0.6 is 23.2 Å². The summed E-state index contributed by atoms with van der Waals surface area (Å²) in [6, 6.07) is 12.9. The molecule has 0 aliphatic heterocycles. The number of Topliss-reactive ketones (excluding diaryl/α,β-unsaturated/α-hetero) is 1. The smallest absolute Gasteiger partial charge is 0.291 e. The van der Waals surface area contributed by atoms with Crippen molar-refractivity contribution in [3.8, 4) is 17.1 Å². The van der Waals surface area contributed by atoms with Gasteiger partial charge in [0, 0.05) is 24.1 Å². The molecule has 0 saturated carbocycles. The van der Waals surface area contributed by atoms with Crippen molar-refractivity contribution in [3.05, 3.63) is 80.7 Å². The molecule has 0 aliphatic carbocycles. The fourth-order valence-electron chi connectivity index (χ4n) is 3.37. The number of halogens is 5. The number of aromatic nitrogens is 6. The lowest BCUT2D eigenvalue weighted by atomic mass is 10.2. The molecule has 2 aromatic heterocycles. The fraction of sp³-hybridized carbons (Fsp3) is 0.227. The first-order valence-electron chi connectivity index (χ1n) is 10.3. The van der Waals surface area contributed by atoms with Crippen molar-refractivity contribution in [2.45, 2.75) is 32.6 Å². The summed E-state index contributed by atoms with van der Waals surface area (Å²) < 4.78 is 41.9. The van der Waals surface area contributed by atoms with Gasteiger partial charge in [0.05, 0.1) is 17.1 Å². The van der Waals surface area contributed by atoms with Gasteiger partial charge in [0.25, 0.3) is 0 Å². The van der Waals surface area contributed by atoms with Crippen LogP contribution in [-0.2, 0) is 13.1 Å². The van der Waals surface area contributed by atoms with E-state index in [1.165, 1.54) is 11.6 Å². The fourth-order valence-corrected chi connectivity index (χ4v) is 3.71. The van der Waals surface area contributed by atoms with Gasteiger partial charge >= 0.3 is 11.9 Å². The molecule has 0 aliphatic rings. The maximum Gasteiger partial charge on any atom is 0.390 e. The largest absolute Gasteiger partial charge is 0.390 e. The van der Waals surface area contributed by atoms with Gasteiger partial charge in [-0.25, -0.2) is 19.1 Å². The number of carbonyl (C=O) groups is 1. The third kappa shape index (κ3) is 5.46. The van der Waals surface area contributed by atoms with Crippen LogP contribution in [0.2, 0.25) is 10.0 Å². The van der Waals surface area contributed by atoms with Gasteiger partial charge < -0.3 is 0 Å². The summed E-state index contributed by atoms with van der Waals surface area (Å²) >= 11 is 12.1. The van der Waals surface area contributed by atoms with Crippen LogP contribution in [0, 0.1) is 0 Å². The van der Waals surface area contributed by atoms with Crippen molar-refractivity contribution >= 4 is 29.0 Å². The Bertz CT molecular complexity index is 1440. The second-order valence-electron chi connectivity index (χ2n) is 7.56. The zero-order chi connectivity index (χ0) is 25.3. The number of benzene rings is 2. The molecule has 0 N–H and O–H groups in total. The third-order valence-corrected chi connectivity index (χ3v) is 5.55. The minimum Gasteiger partial charge on any atom is -0.291 e. The normalized spacial score (nSPS) is 11.7. The number of ketones is 1. The van der Waals surface area contributed by atoms with Crippen LogP contribution in [0.25, 0.3) is 17.1 Å². The molecule has 13 heteroatoms. The number of alkyl halides is 3. The number of hydrogen-bond donors (Lipinski definition) is 0. The first kappa shape index (κ1) is 24.7. The van der Waals surface area contributed by atoms with Gasteiger partial charge in [0.1, 0.15) is 6.54 Å². The molecule has 35 heavy (non-hydrogen) atoms. The van der Waals surface area contributed by atoms with Crippen molar-refractivity contribution in [2.24, 2.45) is 0 Å². The van der Waals surface area contributed by atoms with Gasteiger partial charge in [-0.2, -0.15) is 13.2 Å². The van der Waals surface area contributed by atoms with Crippen LogP contribution in [0.1, 0.15) is 29.8 Å². The van der Waals surface area contributed by atoms with Gasteiger partial charge in [-0.1, -0.05) is 35.3 Å². The summed E-state index contributed by atoms with van der Waals surface area (Å²) in [4.78, 5) is 29.4. The van der Waals surface area contributed by atoms with E-state index in [1.807, 2.05) is 0 Å². The molecule has 0 spiro atoms. The summed E-state index contributed by atoms with van der Waals surface area (Å²) in [5.41, 5.74) is 0.0343. The molecule has 4 aromatic rings. The highest BCUT2D eigenvalue weighted by atomic mass is 35.5. The van der Waals surface area contributed by atoms with E-state index in [4.69, 9.17) is 23.2 Å². The van der Waals surface area contributed by atoms with Gasteiger partial charge in [-0.15, -0.1) is 10.2 Å². The number of para-hydroxylation sites is 1. The van der Waals surface area contributed by atoms with Crippen LogP contribution in [0.15, 0.2) is 53.3 Å². The lowest BCUT2D eigenvalue weighted by Gasteiger charge is -2.08. The molecule has 0 amide bonds. The van der Waals surface area contributed by atoms with Crippen LogP contribution < -0.4 is 5.69 Å².